The second-order valence-corrected chi connectivity index (χ2v) is 14.5. The van der Waals surface area contributed by atoms with E-state index in [2.05, 4.69) is 59.1 Å². The van der Waals surface area contributed by atoms with Gasteiger partial charge in [-0.05, 0) is 56.0 Å². The highest BCUT2D eigenvalue weighted by molar-refractivity contribution is 7.80. The van der Waals surface area contributed by atoms with E-state index in [0.29, 0.717) is 31.4 Å². The van der Waals surface area contributed by atoms with Crippen molar-refractivity contribution in [3.63, 3.8) is 0 Å². The number of H-pyrrole nitrogens is 3. The molecule has 12 N–H and O–H groups in total. The van der Waals surface area contributed by atoms with Crippen molar-refractivity contribution in [3.05, 3.63) is 90.3 Å². The molecule has 5 aromatic rings. The van der Waals surface area contributed by atoms with Crippen LogP contribution in [0.5, 0.6) is 0 Å². The number of imidazole rings is 1. The lowest BCUT2D eigenvalue weighted by Gasteiger charge is -2.25. The Morgan fingerprint density at radius 2 is 1.31 bits per heavy atom. The number of aromatic nitrogens is 4. The third-order valence-electron chi connectivity index (χ3n) is 9.82. The van der Waals surface area contributed by atoms with E-state index in [1.165, 1.54) is 19.4 Å². The minimum absolute atomic E-state index is 0.0705. The Hall–Kier alpha value is -5.98. The van der Waals surface area contributed by atoms with E-state index in [9.17, 15) is 28.8 Å². The number of nitrogens with two attached hydrogens (primary N) is 2. The number of carbonyl (C=O) groups is 6. The Kier molecular flexibility index (Phi) is 15.6. The number of unbranched alkanes of at least 4 members (excludes halogenated alkanes) is 1. The van der Waals surface area contributed by atoms with Gasteiger partial charge in [-0.2, -0.15) is 12.6 Å². The number of amides is 5. The van der Waals surface area contributed by atoms with Crippen molar-refractivity contribution >= 4 is 70.3 Å². The maximum Gasteiger partial charge on any atom is 0.244 e. The molecule has 2 aromatic carbocycles. The molecule has 0 saturated carbocycles. The molecule has 0 spiro atoms. The zero-order chi connectivity index (χ0) is 41.6. The molecule has 17 nitrogen and oxygen atoms in total. The molecule has 0 aliphatic rings. The zero-order valence-electron chi connectivity index (χ0n) is 32.1. The Morgan fingerprint density at radius 1 is 0.724 bits per heavy atom. The monoisotopic (exact) mass is 813 g/mol. The molecule has 308 valence electrons. The average Bonchev–Trinajstić information content (AvgIpc) is 3.99. The number of fused-ring (bicyclic) bond motifs is 2. The fraction of sp³-hybridized carbons (Fsp3) is 0.375. The van der Waals surface area contributed by atoms with Crippen LogP contribution in [-0.2, 0) is 48.0 Å². The molecule has 58 heavy (non-hydrogen) atoms. The lowest BCUT2D eigenvalue weighted by molar-refractivity contribution is -0.134. The van der Waals surface area contributed by atoms with Gasteiger partial charge < -0.3 is 57.8 Å². The zero-order valence-corrected chi connectivity index (χ0v) is 33.0. The summed E-state index contributed by atoms with van der Waals surface area (Å²) in [7, 11) is 0. The SMILES string of the molecule is C[C@H](NC(=O)[C@H](CCCCN)NC(=O)[C@H](CS)NC(=O)[C@@H](N)Cc1cnc[nH]1)C(=O)N[C@@H](Cc1c[nH]c2ccccc12)C(=O)N[C@H](C=O)Cc1c[nH]c2ccccc12. The summed E-state index contributed by atoms with van der Waals surface area (Å²) in [5.41, 5.74) is 15.7. The van der Waals surface area contributed by atoms with Gasteiger partial charge in [0.2, 0.25) is 29.5 Å². The molecular weight excluding hydrogens is 763 g/mol. The lowest BCUT2D eigenvalue weighted by Crippen LogP contribution is -2.59. The van der Waals surface area contributed by atoms with E-state index in [-0.39, 0.29) is 31.4 Å². The second-order valence-electron chi connectivity index (χ2n) is 14.1. The molecule has 5 amide bonds. The molecule has 0 radical (unpaired) electrons. The van der Waals surface area contributed by atoms with Gasteiger partial charge in [0.1, 0.15) is 30.5 Å². The Labute approximate surface area is 340 Å². The van der Waals surface area contributed by atoms with Crippen LogP contribution in [0.25, 0.3) is 21.8 Å². The number of hydrogen-bond acceptors (Lipinski definition) is 10. The van der Waals surface area contributed by atoms with Crippen LogP contribution < -0.4 is 38.1 Å². The molecule has 5 rings (SSSR count). The number of thiol groups is 1. The molecule has 3 heterocycles. The molecule has 6 atom stereocenters. The van der Waals surface area contributed by atoms with E-state index in [1.807, 2.05) is 48.5 Å². The van der Waals surface area contributed by atoms with Gasteiger partial charge in [-0.3, -0.25) is 24.0 Å². The number of hydrogen-bond donors (Lipinski definition) is 11. The number of rotatable bonds is 22. The second kappa shape index (κ2) is 21.0. The molecule has 0 unspecified atom stereocenters. The third kappa shape index (κ3) is 11.5. The number of carbonyl (C=O) groups excluding carboxylic acids is 6. The van der Waals surface area contributed by atoms with Crippen molar-refractivity contribution in [1.82, 2.24) is 46.5 Å². The summed E-state index contributed by atoms with van der Waals surface area (Å²) in [6, 6.07) is 8.73. The number of aldehydes is 1. The average molecular weight is 814 g/mol. The van der Waals surface area contributed by atoms with E-state index in [4.69, 9.17) is 11.5 Å². The van der Waals surface area contributed by atoms with Gasteiger partial charge >= 0.3 is 0 Å². The third-order valence-corrected chi connectivity index (χ3v) is 10.2. The van der Waals surface area contributed by atoms with Crippen molar-refractivity contribution in [2.24, 2.45) is 11.5 Å². The number of nitrogens with one attached hydrogen (secondary N) is 8. The molecule has 0 aliphatic heterocycles. The van der Waals surface area contributed by atoms with Crippen LogP contribution in [0.3, 0.4) is 0 Å². The van der Waals surface area contributed by atoms with E-state index in [0.717, 1.165) is 32.9 Å². The number of benzene rings is 2. The molecule has 0 aliphatic carbocycles. The van der Waals surface area contributed by atoms with Crippen LogP contribution in [0.4, 0.5) is 0 Å². The summed E-state index contributed by atoms with van der Waals surface area (Å²) >= 11 is 4.23. The largest absolute Gasteiger partial charge is 0.361 e. The van der Waals surface area contributed by atoms with Gasteiger partial charge in [-0.25, -0.2) is 4.98 Å². The van der Waals surface area contributed by atoms with Crippen LogP contribution in [0.1, 0.15) is 43.0 Å². The fourth-order valence-electron chi connectivity index (χ4n) is 6.59. The van der Waals surface area contributed by atoms with Crippen LogP contribution in [0, 0.1) is 0 Å². The van der Waals surface area contributed by atoms with Gasteiger partial charge in [0.25, 0.3) is 0 Å². The first-order valence-corrected chi connectivity index (χ1v) is 19.7. The topological polar surface area (TPSA) is 275 Å². The Bertz CT molecular complexity index is 2170. The smallest absolute Gasteiger partial charge is 0.244 e. The summed E-state index contributed by atoms with van der Waals surface area (Å²) < 4.78 is 0. The maximum atomic E-state index is 13.9. The van der Waals surface area contributed by atoms with Crippen molar-refractivity contribution in [2.45, 2.75) is 81.7 Å². The van der Waals surface area contributed by atoms with Crippen molar-refractivity contribution in [3.8, 4) is 0 Å². The lowest BCUT2D eigenvalue weighted by atomic mass is 10.0. The number of aromatic amines is 3. The predicted molar refractivity (Wildman–Crippen MR) is 222 cm³/mol. The molecule has 18 heteroatoms. The van der Waals surface area contributed by atoms with Crippen molar-refractivity contribution in [2.75, 3.05) is 12.3 Å². The standard InChI is InChI=1S/C40H51N11O6S/c1-23(47-38(55)33(12-6-7-13-41)49-40(57)35(21-58)51-37(54)30(42)16-26-19-43-22-46-26)36(53)50-34(15-25-18-45-32-11-5-3-9-29(25)32)39(56)48-27(20-52)14-24-17-44-31-10-4-2-8-28(24)31/h2-5,8-11,17-20,22-23,27,30,33-35,44-45,58H,6-7,12-16,21,41-42H2,1H3,(H,43,46)(H,47,55)(H,48,56)(H,49,57)(H,50,53)(H,51,54)/t23-,27-,30-,33-,34-,35-/m0/s1. The van der Waals surface area contributed by atoms with Crippen molar-refractivity contribution < 1.29 is 28.8 Å². The van der Waals surface area contributed by atoms with E-state index < -0.39 is 65.8 Å². The van der Waals surface area contributed by atoms with Crippen LogP contribution in [0.2, 0.25) is 0 Å². The molecular formula is C40H51N11O6S. The van der Waals surface area contributed by atoms with Crippen LogP contribution >= 0.6 is 12.6 Å². The summed E-state index contributed by atoms with van der Waals surface area (Å²) in [5.74, 6) is -3.28. The fourth-order valence-corrected chi connectivity index (χ4v) is 6.85. The minimum atomic E-state index is -1.16. The van der Waals surface area contributed by atoms with Crippen LogP contribution in [0.15, 0.2) is 73.4 Å². The predicted octanol–water partition coefficient (Wildman–Crippen LogP) is 0.429. The highest BCUT2D eigenvalue weighted by atomic mass is 32.1. The first kappa shape index (κ1) is 43.1. The Balaban J connectivity index is 1.26. The van der Waals surface area contributed by atoms with E-state index >= 15 is 0 Å². The summed E-state index contributed by atoms with van der Waals surface area (Å²) in [4.78, 5) is 92.9. The van der Waals surface area contributed by atoms with Gasteiger partial charge in [0, 0.05) is 71.1 Å². The van der Waals surface area contributed by atoms with E-state index in [1.54, 1.807) is 12.4 Å². The summed E-state index contributed by atoms with van der Waals surface area (Å²) in [5, 5.41) is 15.2. The molecule has 0 saturated heterocycles. The Morgan fingerprint density at radius 3 is 1.91 bits per heavy atom. The van der Waals surface area contributed by atoms with Crippen molar-refractivity contribution in [1.29, 1.82) is 0 Å². The van der Waals surface area contributed by atoms with Gasteiger partial charge in [-0.15, -0.1) is 0 Å². The number of para-hydroxylation sites is 2. The maximum absolute atomic E-state index is 13.9. The first-order chi connectivity index (χ1) is 28.0. The molecule has 0 fully saturated rings. The first-order valence-electron chi connectivity index (χ1n) is 19.1. The molecule has 0 bridgehead atoms. The van der Waals surface area contributed by atoms with Gasteiger partial charge in [0.15, 0.2) is 0 Å². The summed E-state index contributed by atoms with van der Waals surface area (Å²) in [6.45, 7) is 1.81. The highest BCUT2D eigenvalue weighted by Gasteiger charge is 2.31. The quantitative estimate of drug-likeness (QED) is 0.0262. The minimum Gasteiger partial charge on any atom is -0.361 e. The normalized spacial score (nSPS) is 14.4. The van der Waals surface area contributed by atoms with Gasteiger partial charge in [0.05, 0.1) is 18.4 Å². The number of nitrogens with zero attached hydrogens (tertiary/aromatic N) is 1. The van der Waals surface area contributed by atoms with Gasteiger partial charge in [-0.1, -0.05) is 36.4 Å². The highest BCUT2D eigenvalue weighted by Crippen LogP contribution is 2.21. The molecule has 3 aromatic heterocycles. The van der Waals surface area contributed by atoms with Crippen LogP contribution in [-0.4, -0.2) is 104 Å². The summed E-state index contributed by atoms with van der Waals surface area (Å²) in [6.07, 6.45) is 8.88.